The molecule has 1 fully saturated rings. The first-order chi connectivity index (χ1) is 14.4. The van der Waals surface area contributed by atoms with Gasteiger partial charge in [-0.15, -0.1) is 11.3 Å². The Balaban J connectivity index is 1.50. The Morgan fingerprint density at radius 1 is 1.40 bits per heavy atom. The van der Waals surface area contributed by atoms with Crippen LogP contribution in [0.25, 0.3) is 11.3 Å². The van der Waals surface area contributed by atoms with Crippen LogP contribution < -0.4 is 5.32 Å². The van der Waals surface area contributed by atoms with E-state index in [4.69, 9.17) is 16.1 Å². The van der Waals surface area contributed by atoms with Crippen molar-refractivity contribution in [1.29, 1.82) is 0 Å². The highest BCUT2D eigenvalue weighted by Crippen LogP contribution is 2.34. The normalized spacial score (nSPS) is 15.5. The molecule has 158 valence electrons. The summed E-state index contributed by atoms with van der Waals surface area (Å²) in [6.45, 7) is 6.77. The Morgan fingerprint density at radius 2 is 2.17 bits per heavy atom. The van der Waals surface area contributed by atoms with Crippen LogP contribution >= 0.6 is 22.9 Å². The first-order valence-electron chi connectivity index (χ1n) is 9.81. The number of amides is 1. The molecule has 0 aliphatic carbocycles. The molecule has 0 bridgehead atoms. The molecule has 4 rings (SSSR count). The SMILES string of the molecule is Cc1onc(-c2c(F)cccc2Cl)c1C(=O)Nc1nc(CN2CCC(C)CC2)cs1. The molecule has 0 radical (unpaired) electrons. The standard InChI is InChI=1S/C21H22ClFN4O2S/c1-12-6-8-27(9-7-12)10-14-11-30-21(24-14)25-20(28)17-13(2)29-26-19(17)18-15(22)4-3-5-16(18)23/h3-5,11-12H,6-10H2,1-2H3,(H,24,25,28). The summed E-state index contributed by atoms with van der Waals surface area (Å²) in [5.41, 5.74) is 1.18. The summed E-state index contributed by atoms with van der Waals surface area (Å²) < 4.78 is 19.5. The second kappa shape index (κ2) is 8.83. The van der Waals surface area contributed by atoms with Crippen molar-refractivity contribution in [1.82, 2.24) is 15.0 Å². The number of nitrogens with one attached hydrogen (secondary N) is 1. The predicted molar refractivity (Wildman–Crippen MR) is 115 cm³/mol. The van der Waals surface area contributed by atoms with Crippen LogP contribution in [-0.4, -0.2) is 34.0 Å². The Bertz CT molecular complexity index is 1040. The second-order valence-corrected chi connectivity index (χ2v) is 8.88. The van der Waals surface area contributed by atoms with Crippen molar-refractivity contribution in [3.63, 3.8) is 0 Å². The second-order valence-electron chi connectivity index (χ2n) is 7.62. The van der Waals surface area contributed by atoms with Gasteiger partial charge in [0.1, 0.15) is 22.8 Å². The zero-order valence-electron chi connectivity index (χ0n) is 16.7. The van der Waals surface area contributed by atoms with E-state index in [1.54, 1.807) is 13.0 Å². The van der Waals surface area contributed by atoms with Crippen molar-refractivity contribution in [2.24, 2.45) is 5.92 Å². The number of aryl methyl sites for hydroxylation is 1. The lowest BCUT2D eigenvalue weighted by Crippen LogP contribution is -2.32. The van der Waals surface area contributed by atoms with Crippen molar-refractivity contribution in [2.75, 3.05) is 18.4 Å². The van der Waals surface area contributed by atoms with Crippen molar-refractivity contribution < 1.29 is 13.7 Å². The fourth-order valence-electron chi connectivity index (χ4n) is 3.58. The Morgan fingerprint density at radius 3 is 2.90 bits per heavy atom. The topological polar surface area (TPSA) is 71.3 Å². The third-order valence-corrected chi connectivity index (χ3v) is 6.44. The van der Waals surface area contributed by atoms with Gasteiger partial charge in [-0.1, -0.05) is 29.7 Å². The minimum atomic E-state index is -0.572. The highest BCUT2D eigenvalue weighted by Gasteiger charge is 2.26. The summed E-state index contributed by atoms with van der Waals surface area (Å²) in [5.74, 6) is 0.0181. The number of anilines is 1. The van der Waals surface area contributed by atoms with E-state index in [2.05, 4.69) is 27.3 Å². The lowest BCUT2D eigenvalue weighted by atomic mass is 9.99. The number of nitrogens with zero attached hydrogens (tertiary/aromatic N) is 3. The number of hydrogen-bond donors (Lipinski definition) is 1. The van der Waals surface area contributed by atoms with Crippen LogP contribution in [0.2, 0.25) is 5.02 Å². The molecule has 3 heterocycles. The van der Waals surface area contributed by atoms with Crippen molar-refractivity contribution in [3.8, 4) is 11.3 Å². The van der Waals surface area contributed by atoms with Gasteiger partial charge < -0.3 is 4.52 Å². The molecule has 0 atom stereocenters. The maximum absolute atomic E-state index is 14.4. The number of carbonyl (C=O) groups excluding carboxylic acids is 1. The van der Waals surface area contributed by atoms with Gasteiger partial charge in [0.2, 0.25) is 0 Å². The van der Waals surface area contributed by atoms with Gasteiger partial charge in [-0.05, 0) is 50.9 Å². The molecule has 1 aliphatic heterocycles. The summed E-state index contributed by atoms with van der Waals surface area (Å²) >= 11 is 7.50. The molecule has 1 amide bonds. The maximum Gasteiger partial charge on any atom is 0.263 e. The van der Waals surface area contributed by atoms with Gasteiger partial charge in [0.25, 0.3) is 5.91 Å². The molecule has 0 saturated carbocycles. The van der Waals surface area contributed by atoms with Crippen LogP contribution in [0, 0.1) is 18.7 Å². The van der Waals surface area contributed by atoms with Crippen LogP contribution in [0.4, 0.5) is 9.52 Å². The van der Waals surface area contributed by atoms with E-state index in [-0.39, 0.29) is 27.6 Å². The summed E-state index contributed by atoms with van der Waals surface area (Å²) in [6, 6.07) is 4.30. The third kappa shape index (κ3) is 4.40. The van der Waals surface area contributed by atoms with Crippen LogP contribution in [0.1, 0.15) is 41.6 Å². The maximum atomic E-state index is 14.4. The van der Waals surface area contributed by atoms with E-state index < -0.39 is 11.7 Å². The molecule has 2 aromatic heterocycles. The molecule has 30 heavy (non-hydrogen) atoms. The molecule has 9 heteroatoms. The van der Waals surface area contributed by atoms with E-state index in [1.807, 2.05) is 5.38 Å². The van der Waals surface area contributed by atoms with Gasteiger partial charge in [-0.3, -0.25) is 15.0 Å². The summed E-state index contributed by atoms with van der Waals surface area (Å²) in [4.78, 5) is 19.8. The number of aromatic nitrogens is 2. The zero-order chi connectivity index (χ0) is 21.3. The van der Waals surface area contributed by atoms with Crippen molar-refractivity contribution >= 4 is 34.0 Å². The number of likely N-dealkylation sites (tertiary alicyclic amines) is 1. The first-order valence-corrected chi connectivity index (χ1v) is 11.1. The summed E-state index contributed by atoms with van der Waals surface area (Å²) in [6.07, 6.45) is 2.39. The molecule has 1 N–H and O–H groups in total. The number of halogens is 2. The molecule has 6 nitrogen and oxygen atoms in total. The van der Waals surface area contributed by atoms with E-state index in [0.29, 0.717) is 5.13 Å². The molecular weight excluding hydrogens is 427 g/mol. The van der Waals surface area contributed by atoms with Crippen LogP contribution in [-0.2, 0) is 6.54 Å². The van der Waals surface area contributed by atoms with Gasteiger partial charge in [0, 0.05) is 11.9 Å². The Hall–Kier alpha value is -2.29. The highest BCUT2D eigenvalue weighted by molar-refractivity contribution is 7.14. The average molecular weight is 449 g/mol. The zero-order valence-corrected chi connectivity index (χ0v) is 18.3. The van der Waals surface area contributed by atoms with Gasteiger partial charge in [0.05, 0.1) is 16.3 Å². The number of hydrogen-bond acceptors (Lipinski definition) is 6. The molecular formula is C21H22ClFN4O2S. The van der Waals surface area contributed by atoms with Gasteiger partial charge >= 0.3 is 0 Å². The third-order valence-electron chi connectivity index (χ3n) is 5.32. The minimum absolute atomic E-state index is 0.0420. The summed E-state index contributed by atoms with van der Waals surface area (Å²) in [7, 11) is 0. The average Bonchev–Trinajstić information content (AvgIpc) is 3.30. The minimum Gasteiger partial charge on any atom is -0.360 e. The fraction of sp³-hybridized carbons (Fsp3) is 0.381. The molecule has 0 unspecified atom stereocenters. The van der Waals surface area contributed by atoms with E-state index in [0.717, 1.165) is 31.2 Å². The van der Waals surface area contributed by atoms with Crippen LogP contribution in [0.5, 0.6) is 0 Å². The van der Waals surface area contributed by atoms with Gasteiger partial charge in [-0.2, -0.15) is 0 Å². The van der Waals surface area contributed by atoms with Crippen molar-refractivity contribution in [3.05, 3.63) is 51.4 Å². The van der Waals surface area contributed by atoms with Crippen LogP contribution in [0.3, 0.4) is 0 Å². The van der Waals surface area contributed by atoms with E-state index in [9.17, 15) is 9.18 Å². The van der Waals surface area contributed by atoms with E-state index >= 15 is 0 Å². The van der Waals surface area contributed by atoms with Gasteiger partial charge in [-0.25, -0.2) is 9.37 Å². The number of thiazole rings is 1. The largest absolute Gasteiger partial charge is 0.360 e. The van der Waals surface area contributed by atoms with E-state index in [1.165, 1.54) is 36.3 Å². The lowest BCUT2D eigenvalue weighted by Gasteiger charge is -2.29. The molecule has 0 spiro atoms. The van der Waals surface area contributed by atoms with Crippen LogP contribution in [0.15, 0.2) is 28.1 Å². The lowest BCUT2D eigenvalue weighted by molar-refractivity contribution is 0.102. The Labute approximate surface area is 183 Å². The number of rotatable bonds is 5. The van der Waals surface area contributed by atoms with Crippen molar-refractivity contribution in [2.45, 2.75) is 33.2 Å². The fourth-order valence-corrected chi connectivity index (χ4v) is 4.53. The highest BCUT2D eigenvalue weighted by atomic mass is 35.5. The Kier molecular flexibility index (Phi) is 6.17. The number of carbonyl (C=O) groups is 1. The number of piperidine rings is 1. The first kappa shape index (κ1) is 21.0. The molecule has 1 aliphatic rings. The number of benzene rings is 1. The quantitative estimate of drug-likeness (QED) is 0.567. The monoisotopic (exact) mass is 448 g/mol. The molecule has 1 aromatic carbocycles. The molecule has 3 aromatic rings. The summed E-state index contributed by atoms with van der Waals surface area (Å²) in [5, 5.41) is 9.24. The smallest absolute Gasteiger partial charge is 0.263 e. The molecule has 1 saturated heterocycles. The predicted octanol–water partition coefficient (Wildman–Crippen LogP) is 5.38. The van der Waals surface area contributed by atoms with Gasteiger partial charge in [0.15, 0.2) is 5.13 Å².